The summed E-state index contributed by atoms with van der Waals surface area (Å²) in [6.45, 7) is 2.62. The van der Waals surface area contributed by atoms with E-state index in [0.717, 1.165) is 16.6 Å². The highest BCUT2D eigenvalue weighted by molar-refractivity contribution is 5.97. The number of fused-ring (bicyclic) bond motifs is 2. The molecule has 2 aliphatic rings. The summed E-state index contributed by atoms with van der Waals surface area (Å²) in [5, 5.41) is 10.7. The number of aromatic amines is 1. The van der Waals surface area contributed by atoms with Crippen molar-refractivity contribution in [1.82, 2.24) is 25.2 Å². The standard InChI is InChI=1S/C27H25N5O3/c33-26(17-35-25-9-5-4-8-22(25)18-6-2-1-3-7-18)31-13-20-15-32(16-21(20)14-31)27(34)19-10-11-23-24(12-19)29-30-28-23/h1-12,20-21H,13-17H2,(H,28,29,30)/t20-,21?/m1/s1. The molecule has 2 saturated heterocycles. The highest BCUT2D eigenvalue weighted by Crippen LogP contribution is 2.33. The molecule has 1 aromatic heterocycles. The van der Waals surface area contributed by atoms with Gasteiger partial charge >= 0.3 is 0 Å². The number of hydrogen-bond donors (Lipinski definition) is 1. The first-order valence-corrected chi connectivity index (χ1v) is 11.8. The molecule has 2 fully saturated rings. The first-order chi connectivity index (χ1) is 17.2. The monoisotopic (exact) mass is 467 g/mol. The summed E-state index contributed by atoms with van der Waals surface area (Å²) in [5.74, 6) is 1.26. The number of ether oxygens (including phenoxy) is 1. The second-order valence-corrected chi connectivity index (χ2v) is 9.21. The molecular weight excluding hydrogens is 442 g/mol. The second kappa shape index (κ2) is 8.87. The highest BCUT2D eigenvalue weighted by Gasteiger charge is 2.43. The smallest absolute Gasteiger partial charge is 0.260 e. The van der Waals surface area contributed by atoms with E-state index < -0.39 is 0 Å². The van der Waals surface area contributed by atoms with Crippen molar-refractivity contribution in [2.45, 2.75) is 0 Å². The van der Waals surface area contributed by atoms with Gasteiger partial charge in [-0.3, -0.25) is 9.59 Å². The van der Waals surface area contributed by atoms with Crippen molar-refractivity contribution >= 4 is 22.8 Å². The van der Waals surface area contributed by atoms with Gasteiger partial charge in [-0.15, -0.1) is 0 Å². The molecule has 0 saturated carbocycles. The average Bonchev–Trinajstić information content (AvgIpc) is 3.62. The third kappa shape index (κ3) is 4.12. The Morgan fingerprint density at radius 2 is 1.51 bits per heavy atom. The minimum absolute atomic E-state index is 0.00280. The number of benzene rings is 3. The summed E-state index contributed by atoms with van der Waals surface area (Å²) >= 11 is 0. The van der Waals surface area contributed by atoms with Crippen LogP contribution in [0.4, 0.5) is 0 Å². The van der Waals surface area contributed by atoms with Crippen molar-refractivity contribution in [2.24, 2.45) is 11.8 Å². The third-order valence-corrected chi connectivity index (χ3v) is 7.01. The maximum atomic E-state index is 13.0. The maximum absolute atomic E-state index is 13.0. The number of nitrogens with zero attached hydrogens (tertiary/aromatic N) is 4. The molecule has 1 N–H and O–H groups in total. The van der Waals surface area contributed by atoms with Gasteiger partial charge in [-0.05, 0) is 29.8 Å². The molecule has 2 amide bonds. The van der Waals surface area contributed by atoms with Crippen LogP contribution in [-0.2, 0) is 4.79 Å². The van der Waals surface area contributed by atoms with Crippen LogP contribution in [0.5, 0.6) is 5.75 Å². The van der Waals surface area contributed by atoms with E-state index in [1.165, 1.54) is 0 Å². The van der Waals surface area contributed by atoms with Crippen LogP contribution in [0, 0.1) is 11.8 Å². The summed E-state index contributed by atoms with van der Waals surface area (Å²) < 4.78 is 5.96. The number of para-hydroxylation sites is 1. The highest BCUT2D eigenvalue weighted by atomic mass is 16.5. The average molecular weight is 468 g/mol. The number of rotatable bonds is 5. The minimum atomic E-state index is -0.0170. The first-order valence-electron chi connectivity index (χ1n) is 11.8. The molecule has 176 valence electrons. The minimum Gasteiger partial charge on any atom is -0.483 e. The Morgan fingerprint density at radius 1 is 0.829 bits per heavy atom. The van der Waals surface area contributed by atoms with E-state index in [1.807, 2.05) is 64.4 Å². The molecule has 3 heterocycles. The van der Waals surface area contributed by atoms with Crippen LogP contribution < -0.4 is 4.74 Å². The Hall–Kier alpha value is -4.20. The molecule has 8 heteroatoms. The van der Waals surface area contributed by atoms with Crippen LogP contribution in [0.25, 0.3) is 22.2 Å². The Labute approximate surface area is 202 Å². The van der Waals surface area contributed by atoms with Crippen LogP contribution >= 0.6 is 0 Å². The topological polar surface area (TPSA) is 91.4 Å². The summed E-state index contributed by atoms with van der Waals surface area (Å²) in [6, 6.07) is 23.2. The number of aromatic nitrogens is 3. The van der Waals surface area contributed by atoms with Gasteiger partial charge in [0.15, 0.2) is 6.61 Å². The lowest BCUT2D eigenvalue weighted by Crippen LogP contribution is -2.37. The van der Waals surface area contributed by atoms with Gasteiger partial charge in [-0.25, -0.2) is 0 Å². The third-order valence-electron chi connectivity index (χ3n) is 7.01. The molecule has 3 aromatic carbocycles. The van der Waals surface area contributed by atoms with Gasteiger partial charge in [-0.1, -0.05) is 48.5 Å². The molecule has 0 spiro atoms. The molecule has 0 aliphatic carbocycles. The van der Waals surface area contributed by atoms with Gasteiger partial charge in [0.1, 0.15) is 16.8 Å². The lowest BCUT2D eigenvalue weighted by Gasteiger charge is -2.22. The van der Waals surface area contributed by atoms with Crippen molar-refractivity contribution in [3.05, 3.63) is 78.4 Å². The van der Waals surface area contributed by atoms with Crippen molar-refractivity contribution in [3.63, 3.8) is 0 Å². The number of carbonyl (C=O) groups is 2. The predicted octanol–water partition coefficient (Wildman–Crippen LogP) is 3.23. The van der Waals surface area contributed by atoms with E-state index >= 15 is 0 Å². The predicted molar refractivity (Wildman–Crippen MR) is 131 cm³/mol. The number of H-pyrrole nitrogens is 1. The number of likely N-dealkylation sites (tertiary alicyclic amines) is 2. The van der Waals surface area contributed by atoms with Crippen LogP contribution in [-0.4, -0.2) is 69.8 Å². The van der Waals surface area contributed by atoms with Crippen molar-refractivity contribution in [2.75, 3.05) is 32.8 Å². The zero-order valence-electron chi connectivity index (χ0n) is 19.1. The molecule has 4 aromatic rings. The van der Waals surface area contributed by atoms with Crippen molar-refractivity contribution in [1.29, 1.82) is 0 Å². The maximum Gasteiger partial charge on any atom is 0.260 e. The largest absolute Gasteiger partial charge is 0.483 e. The molecule has 35 heavy (non-hydrogen) atoms. The van der Waals surface area contributed by atoms with Gasteiger partial charge in [0.25, 0.3) is 11.8 Å². The lowest BCUT2D eigenvalue weighted by atomic mass is 10.0. The second-order valence-electron chi connectivity index (χ2n) is 9.21. The van der Waals surface area contributed by atoms with E-state index in [4.69, 9.17) is 4.74 Å². The van der Waals surface area contributed by atoms with Crippen LogP contribution in [0.3, 0.4) is 0 Å². The van der Waals surface area contributed by atoms with E-state index in [0.29, 0.717) is 43.0 Å². The number of carbonyl (C=O) groups excluding carboxylic acids is 2. The Kier molecular flexibility index (Phi) is 5.41. The van der Waals surface area contributed by atoms with Crippen molar-refractivity contribution < 1.29 is 14.3 Å². The summed E-state index contributed by atoms with van der Waals surface area (Å²) in [4.78, 5) is 29.7. The van der Waals surface area contributed by atoms with E-state index in [1.54, 1.807) is 18.2 Å². The fourth-order valence-electron chi connectivity index (χ4n) is 5.20. The van der Waals surface area contributed by atoms with Crippen LogP contribution in [0.1, 0.15) is 10.4 Å². The first kappa shape index (κ1) is 21.3. The van der Waals surface area contributed by atoms with Crippen molar-refractivity contribution in [3.8, 4) is 16.9 Å². The molecule has 2 aliphatic heterocycles. The summed E-state index contributed by atoms with van der Waals surface area (Å²) in [7, 11) is 0. The zero-order valence-corrected chi connectivity index (χ0v) is 19.1. The van der Waals surface area contributed by atoms with Crippen LogP contribution in [0.15, 0.2) is 72.8 Å². The van der Waals surface area contributed by atoms with Crippen LogP contribution in [0.2, 0.25) is 0 Å². The SMILES string of the molecule is O=C(COc1ccccc1-c1ccccc1)N1CC2CN(C(=O)c3ccc4n[nH]nc4c3)C[C@H]2C1. The van der Waals surface area contributed by atoms with E-state index in [-0.39, 0.29) is 30.3 Å². The number of amides is 2. The number of hydrogen-bond acceptors (Lipinski definition) is 5. The number of nitrogens with one attached hydrogen (secondary N) is 1. The molecule has 2 atom stereocenters. The Balaban J connectivity index is 1.06. The van der Waals surface area contributed by atoms with Gasteiger partial charge < -0.3 is 14.5 Å². The Morgan fingerprint density at radius 3 is 2.31 bits per heavy atom. The Bertz CT molecular complexity index is 1370. The fourth-order valence-corrected chi connectivity index (χ4v) is 5.20. The summed E-state index contributed by atoms with van der Waals surface area (Å²) in [6.07, 6.45) is 0. The molecule has 0 bridgehead atoms. The molecule has 0 radical (unpaired) electrons. The fraction of sp³-hybridized carbons (Fsp3) is 0.259. The van der Waals surface area contributed by atoms with Gasteiger partial charge in [0.2, 0.25) is 0 Å². The van der Waals surface area contributed by atoms with Gasteiger partial charge in [0, 0.05) is 49.1 Å². The van der Waals surface area contributed by atoms with E-state index in [2.05, 4.69) is 15.4 Å². The van der Waals surface area contributed by atoms with E-state index in [9.17, 15) is 9.59 Å². The molecular formula is C27H25N5O3. The van der Waals surface area contributed by atoms with Gasteiger partial charge in [0.05, 0.1) is 0 Å². The lowest BCUT2D eigenvalue weighted by molar-refractivity contribution is -0.132. The zero-order chi connectivity index (χ0) is 23.8. The molecule has 6 rings (SSSR count). The molecule has 8 nitrogen and oxygen atoms in total. The molecule has 1 unspecified atom stereocenters. The normalized spacial score (nSPS) is 19.2. The quantitative estimate of drug-likeness (QED) is 0.487. The summed E-state index contributed by atoms with van der Waals surface area (Å²) in [5.41, 5.74) is 4.06. The van der Waals surface area contributed by atoms with Gasteiger partial charge in [-0.2, -0.15) is 15.4 Å².